The van der Waals surface area contributed by atoms with E-state index in [1.165, 1.54) is 12.4 Å². The predicted molar refractivity (Wildman–Crippen MR) is 142 cm³/mol. The Bertz CT molecular complexity index is 1190. The number of nitrogens with two attached hydrogens (primary N) is 1. The number of rotatable bonds is 4. The van der Waals surface area contributed by atoms with Crippen LogP contribution in [-0.4, -0.2) is 105 Å². The Kier molecular flexibility index (Phi) is 7.84. The molecule has 5 heterocycles. The van der Waals surface area contributed by atoms with Crippen molar-refractivity contribution in [3.05, 3.63) is 30.5 Å². The summed E-state index contributed by atoms with van der Waals surface area (Å²) in [6.45, 7) is 7.93. The molecule has 14 heteroatoms. The molecule has 0 bridgehead atoms. The van der Waals surface area contributed by atoms with E-state index in [4.69, 9.17) is 15.2 Å². The first kappa shape index (κ1) is 27.9. The van der Waals surface area contributed by atoms with Crippen LogP contribution in [0.2, 0.25) is 0 Å². The minimum atomic E-state index is -0.667. The molecule has 3 amide bonds. The SMILES string of the molecule is CC(C)(C)OC(=O)N1CC2(C1)CN(C1CCCN(c3cnc(C(N)=O)cn3)C1)C(=O)O2.CNc1cnn(C)c1. The minimum Gasteiger partial charge on any atom is -0.444 e. The quantitative estimate of drug-likeness (QED) is 0.577. The molecule has 1 unspecified atom stereocenters. The van der Waals surface area contributed by atoms with Gasteiger partial charge in [0.2, 0.25) is 0 Å². The van der Waals surface area contributed by atoms with Crippen molar-refractivity contribution in [1.82, 2.24) is 29.5 Å². The van der Waals surface area contributed by atoms with E-state index in [0.717, 1.165) is 25.1 Å². The summed E-state index contributed by atoms with van der Waals surface area (Å²) in [6, 6.07) is -0.0335. The Labute approximate surface area is 227 Å². The second kappa shape index (κ2) is 10.9. The number of carbonyl (C=O) groups excluding carboxylic acids is 3. The minimum absolute atomic E-state index is 0.0335. The van der Waals surface area contributed by atoms with Crippen LogP contribution in [-0.2, 0) is 16.5 Å². The van der Waals surface area contributed by atoms with E-state index in [-0.39, 0.29) is 17.8 Å². The Hall–Kier alpha value is -4.10. The summed E-state index contributed by atoms with van der Waals surface area (Å²) < 4.78 is 12.8. The molecule has 3 fully saturated rings. The normalized spacial score (nSPS) is 20.1. The van der Waals surface area contributed by atoms with Crippen molar-refractivity contribution in [3.63, 3.8) is 0 Å². The standard InChI is InChI=1S/C20H28N6O5.C5H9N3/c1-19(2,3)30-17(28)25-10-20(11-25)12-26(18(29)31-20)13-5-4-6-24(9-13)15-8-22-14(7-23-15)16(21)27;1-6-5-3-7-8(2)4-5/h7-8,13H,4-6,9-12H2,1-3H3,(H2,21,27);3-4,6H,1-2H3. The van der Waals surface area contributed by atoms with Gasteiger partial charge < -0.3 is 25.4 Å². The largest absolute Gasteiger partial charge is 0.444 e. The third-order valence-electron chi connectivity index (χ3n) is 6.65. The third-order valence-corrected chi connectivity index (χ3v) is 6.65. The average molecular weight is 544 g/mol. The molecule has 5 rings (SSSR count). The molecule has 1 atom stereocenters. The number of carbonyl (C=O) groups is 3. The molecule has 0 aromatic carbocycles. The monoisotopic (exact) mass is 543 g/mol. The number of amides is 3. The van der Waals surface area contributed by atoms with Crippen molar-refractivity contribution in [2.45, 2.75) is 50.9 Å². The van der Waals surface area contributed by atoms with Crippen molar-refractivity contribution in [2.24, 2.45) is 12.8 Å². The number of nitrogens with zero attached hydrogens (tertiary/aromatic N) is 7. The van der Waals surface area contributed by atoms with E-state index in [0.29, 0.717) is 32.0 Å². The smallest absolute Gasteiger partial charge is 0.410 e. The zero-order valence-electron chi connectivity index (χ0n) is 23.1. The van der Waals surface area contributed by atoms with Gasteiger partial charge in [0.1, 0.15) is 17.1 Å². The number of aryl methyl sites for hydroxylation is 1. The first-order valence-corrected chi connectivity index (χ1v) is 12.9. The van der Waals surface area contributed by atoms with Crippen molar-refractivity contribution in [1.29, 1.82) is 0 Å². The molecule has 3 aliphatic rings. The summed E-state index contributed by atoms with van der Waals surface area (Å²) in [7, 11) is 3.76. The van der Waals surface area contributed by atoms with Crippen LogP contribution in [0.1, 0.15) is 44.1 Å². The molecular weight excluding hydrogens is 506 g/mol. The van der Waals surface area contributed by atoms with Crippen molar-refractivity contribution >= 4 is 29.6 Å². The maximum absolute atomic E-state index is 12.6. The number of nitrogens with one attached hydrogen (secondary N) is 1. The van der Waals surface area contributed by atoms with Crippen LogP contribution in [0.25, 0.3) is 0 Å². The molecule has 212 valence electrons. The van der Waals surface area contributed by atoms with Gasteiger partial charge in [0, 0.05) is 33.4 Å². The van der Waals surface area contributed by atoms with E-state index < -0.39 is 23.2 Å². The van der Waals surface area contributed by atoms with Crippen LogP contribution in [0, 0.1) is 0 Å². The molecule has 2 aromatic heterocycles. The van der Waals surface area contributed by atoms with Crippen LogP contribution in [0.5, 0.6) is 0 Å². The lowest BCUT2D eigenvalue weighted by atomic mass is 9.93. The van der Waals surface area contributed by atoms with Gasteiger partial charge >= 0.3 is 12.2 Å². The fourth-order valence-electron chi connectivity index (χ4n) is 4.78. The fraction of sp³-hybridized carbons (Fsp3) is 0.600. The zero-order valence-corrected chi connectivity index (χ0v) is 23.1. The van der Waals surface area contributed by atoms with Gasteiger partial charge in [-0.15, -0.1) is 0 Å². The second-order valence-electron chi connectivity index (χ2n) is 11.0. The van der Waals surface area contributed by atoms with Crippen LogP contribution in [0.4, 0.5) is 21.1 Å². The summed E-state index contributed by atoms with van der Waals surface area (Å²) in [4.78, 5) is 49.7. The summed E-state index contributed by atoms with van der Waals surface area (Å²) >= 11 is 0. The van der Waals surface area contributed by atoms with Gasteiger partial charge in [-0.2, -0.15) is 5.10 Å². The maximum Gasteiger partial charge on any atom is 0.410 e. The van der Waals surface area contributed by atoms with E-state index in [1.807, 2.05) is 46.0 Å². The number of hydrogen-bond acceptors (Lipinski definition) is 10. The highest BCUT2D eigenvalue weighted by Crippen LogP contribution is 2.36. The van der Waals surface area contributed by atoms with Gasteiger partial charge in [0.05, 0.1) is 50.0 Å². The van der Waals surface area contributed by atoms with E-state index in [1.54, 1.807) is 20.7 Å². The van der Waals surface area contributed by atoms with E-state index in [9.17, 15) is 14.4 Å². The van der Waals surface area contributed by atoms with Gasteiger partial charge in [-0.3, -0.25) is 19.3 Å². The van der Waals surface area contributed by atoms with Gasteiger partial charge in [-0.05, 0) is 33.6 Å². The first-order chi connectivity index (χ1) is 18.4. The number of hydrogen-bond donors (Lipinski definition) is 2. The molecule has 14 nitrogen and oxygen atoms in total. The molecule has 0 saturated carbocycles. The van der Waals surface area contributed by atoms with Crippen LogP contribution in [0.3, 0.4) is 0 Å². The molecule has 3 saturated heterocycles. The molecule has 3 aliphatic heterocycles. The Morgan fingerprint density at radius 2 is 1.92 bits per heavy atom. The summed E-state index contributed by atoms with van der Waals surface area (Å²) in [5, 5.41) is 6.91. The zero-order chi connectivity index (χ0) is 28.4. The number of primary amides is 1. The lowest BCUT2D eigenvalue weighted by molar-refractivity contribution is -0.0789. The molecule has 3 N–H and O–H groups in total. The van der Waals surface area contributed by atoms with E-state index >= 15 is 0 Å². The number of aromatic nitrogens is 4. The fourth-order valence-corrected chi connectivity index (χ4v) is 4.78. The number of piperidine rings is 1. The van der Waals surface area contributed by atoms with Crippen LogP contribution < -0.4 is 16.0 Å². The maximum atomic E-state index is 12.6. The molecule has 1 spiro atoms. The molecule has 0 radical (unpaired) electrons. The topological polar surface area (TPSA) is 161 Å². The van der Waals surface area contributed by atoms with Crippen molar-refractivity contribution in [3.8, 4) is 0 Å². The van der Waals surface area contributed by atoms with Gasteiger partial charge in [-0.25, -0.2) is 19.6 Å². The molecule has 39 heavy (non-hydrogen) atoms. The lowest BCUT2D eigenvalue weighted by Crippen LogP contribution is -2.66. The summed E-state index contributed by atoms with van der Waals surface area (Å²) in [5.74, 6) is 0.0123. The Balaban J connectivity index is 0.000000379. The highest BCUT2D eigenvalue weighted by atomic mass is 16.6. The van der Waals surface area contributed by atoms with Crippen molar-refractivity contribution < 1.29 is 23.9 Å². The average Bonchev–Trinajstić information content (AvgIpc) is 3.45. The molecule has 0 aliphatic carbocycles. The lowest BCUT2D eigenvalue weighted by Gasteiger charge is -2.45. The number of likely N-dealkylation sites (tertiary alicyclic amines) is 1. The summed E-state index contributed by atoms with van der Waals surface area (Å²) in [6.07, 6.45) is 7.56. The van der Waals surface area contributed by atoms with Crippen LogP contribution >= 0.6 is 0 Å². The third kappa shape index (κ3) is 6.67. The molecular formula is C25H37N9O5. The first-order valence-electron chi connectivity index (χ1n) is 12.9. The highest BCUT2D eigenvalue weighted by molar-refractivity contribution is 5.90. The Morgan fingerprint density at radius 3 is 2.46 bits per heavy atom. The summed E-state index contributed by atoms with van der Waals surface area (Å²) in [5.41, 5.74) is 5.15. The van der Waals surface area contributed by atoms with Crippen LogP contribution in [0.15, 0.2) is 24.8 Å². The van der Waals surface area contributed by atoms with Gasteiger partial charge in [0.15, 0.2) is 5.60 Å². The second-order valence-corrected chi connectivity index (χ2v) is 11.0. The van der Waals surface area contributed by atoms with Crippen molar-refractivity contribution in [2.75, 3.05) is 50.0 Å². The highest BCUT2D eigenvalue weighted by Gasteiger charge is 2.57. The van der Waals surface area contributed by atoms with Gasteiger partial charge in [-0.1, -0.05) is 0 Å². The predicted octanol–water partition coefficient (Wildman–Crippen LogP) is 1.45. The van der Waals surface area contributed by atoms with E-state index in [2.05, 4.69) is 20.4 Å². The number of anilines is 2. The molecule has 2 aromatic rings. The van der Waals surface area contributed by atoms with Gasteiger partial charge in [0.25, 0.3) is 5.91 Å². The Morgan fingerprint density at radius 1 is 1.18 bits per heavy atom. The number of ether oxygens (including phenoxy) is 2.